The summed E-state index contributed by atoms with van der Waals surface area (Å²) >= 11 is 0. The molecule has 1 heterocycles. The van der Waals surface area contributed by atoms with E-state index in [-0.39, 0.29) is 12.7 Å². The van der Waals surface area contributed by atoms with Crippen molar-refractivity contribution >= 4 is 7.67 Å². The standard InChI is InChI=1S/C16H37N3O4P/c1-9-18(10-2)24(20,17(5)11-12-19(6,7)8)22-14-15-13-21-16(3,4)23-15/h15H,9-14H2,1-8H3/q+1. The van der Waals surface area contributed by atoms with Crippen LogP contribution in [-0.2, 0) is 18.6 Å². The van der Waals surface area contributed by atoms with Crippen LogP contribution < -0.4 is 0 Å². The van der Waals surface area contributed by atoms with Crippen LogP contribution in [0.5, 0.6) is 0 Å². The largest absolute Gasteiger partial charge is 0.348 e. The Morgan fingerprint density at radius 2 is 1.83 bits per heavy atom. The van der Waals surface area contributed by atoms with Crippen LogP contribution in [0.4, 0.5) is 0 Å². The van der Waals surface area contributed by atoms with Crippen molar-refractivity contribution in [3.8, 4) is 0 Å². The molecule has 1 fully saturated rings. The van der Waals surface area contributed by atoms with Crippen LogP contribution >= 0.6 is 7.67 Å². The molecule has 0 N–H and O–H groups in total. The topological polar surface area (TPSA) is 51.2 Å². The molecule has 144 valence electrons. The van der Waals surface area contributed by atoms with Gasteiger partial charge < -0.3 is 18.5 Å². The number of nitrogens with zero attached hydrogens (tertiary/aromatic N) is 3. The fraction of sp³-hybridized carbons (Fsp3) is 1.00. The van der Waals surface area contributed by atoms with E-state index in [9.17, 15) is 4.57 Å². The summed E-state index contributed by atoms with van der Waals surface area (Å²) in [6.07, 6.45) is -0.185. The Labute approximate surface area is 148 Å². The van der Waals surface area contributed by atoms with Crippen molar-refractivity contribution in [3.63, 3.8) is 0 Å². The lowest BCUT2D eigenvalue weighted by molar-refractivity contribution is -0.869. The Hall–Kier alpha value is -0.0100. The minimum absolute atomic E-state index is 0.185. The summed E-state index contributed by atoms with van der Waals surface area (Å²) in [6.45, 7) is 11.4. The van der Waals surface area contributed by atoms with Crippen molar-refractivity contribution < 1.29 is 23.0 Å². The predicted octanol–water partition coefficient (Wildman–Crippen LogP) is 2.24. The molecule has 1 aliphatic heterocycles. The summed E-state index contributed by atoms with van der Waals surface area (Å²) in [5.74, 6) is -0.594. The molecule has 2 unspecified atom stereocenters. The fourth-order valence-electron chi connectivity index (χ4n) is 2.57. The monoisotopic (exact) mass is 366 g/mol. The van der Waals surface area contributed by atoms with Crippen LogP contribution in [0.15, 0.2) is 0 Å². The molecule has 0 aromatic heterocycles. The Morgan fingerprint density at radius 3 is 2.25 bits per heavy atom. The SMILES string of the molecule is CCN(CC)P(=O)(OCC1COC(C)(C)O1)N(C)CC[N+](C)(C)C. The lowest BCUT2D eigenvalue weighted by atomic mass is 10.4. The normalized spacial score (nSPS) is 23.8. The summed E-state index contributed by atoms with van der Waals surface area (Å²) in [4.78, 5) is 0. The Balaban J connectivity index is 2.77. The van der Waals surface area contributed by atoms with Crippen LogP contribution in [0.1, 0.15) is 27.7 Å². The van der Waals surface area contributed by atoms with Gasteiger partial charge in [0, 0.05) is 13.1 Å². The van der Waals surface area contributed by atoms with Crippen molar-refractivity contribution in [2.75, 3.05) is 67.6 Å². The van der Waals surface area contributed by atoms with E-state index >= 15 is 0 Å². The number of quaternary nitrogens is 1. The number of rotatable bonds is 10. The molecular weight excluding hydrogens is 329 g/mol. The van der Waals surface area contributed by atoms with Gasteiger partial charge in [-0.25, -0.2) is 9.34 Å². The third-order valence-electron chi connectivity index (χ3n) is 4.11. The second-order valence-electron chi connectivity index (χ2n) is 7.77. The van der Waals surface area contributed by atoms with Gasteiger partial charge in [-0.05, 0) is 20.9 Å². The first-order chi connectivity index (χ1) is 10.9. The summed E-state index contributed by atoms with van der Waals surface area (Å²) in [6, 6.07) is 0. The number of hydrogen-bond donors (Lipinski definition) is 0. The third kappa shape index (κ3) is 6.37. The lowest BCUT2D eigenvalue weighted by Crippen LogP contribution is -2.42. The van der Waals surface area contributed by atoms with Crippen molar-refractivity contribution in [1.29, 1.82) is 0 Å². The minimum Gasteiger partial charge on any atom is -0.348 e. The fourth-order valence-corrected chi connectivity index (χ4v) is 4.78. The maximum Gasteiger partial charge on any atom is 0.346 e. The summed E-state index contributed by atoms with van der Waals surface area (Å²) in [7, 11) is 5.18. The molecule has 0 aromatic rings. The van der Waals surface area contributed by atoms with Crippen LogP contribution in [0.2, 0.25) is 0 Å². The zero-order chi connectivity index (χ0) is 18.6. The van der Waals surface area contributed by atoms with Gasteiger partial charge in [-0.3, -0.25) is 4.57 Å². The first-order valence-corrected chi connectivity index (χ1v) is 10.3. The van der Waals surface area contributed by atoms with E-state index in [0.717, 1.165) is 11.0 Å². The molecule has 8 heteroatoms. The summed E-state index contributed by atoms with van der Waals surface area (Å²) in [5, 5.41) is 0. The zero-order valence-corrected chi connectivity index (χ0v) is 17.6. The zero-order valence-electron chi connectivity index (χ0n) is 16.7. The molecule has 0 radical (unpaired) electrons. The Morgan fingerprint density at radius 1 is 1.25 bits per heavy atom. The van der Waals surface area contributed by atoms with E-state index in [4.69, 9.17) is 14.0 Å². The molecule has 0 amide bonds. The van der Waals surface area contributed by atoms with Gasteiger partial charge in [0.25, 0.3) is 0 Å². The van der Waals surface area contributed by atoms with Crippen LogP contribution in [0.3, 0.4) is 0 Å². The quantitative estimate of drug-likeness (QED) is 0.437. The molecule has 1 rings (SSSR count). The van der Waals surface area contributed by atoms with Crippen molar-refractivity contribution in [1.82, 2.24) is 9.34 Å². The van der Waals surface area contributed by atoms with Gasteiger partial charge in [-0.15, -0.1) is 0 Å². The van der Waals surface area contributed by atoms with Crippen molar-refractivity contribution in [2.24, 2.45) is 0 Å². The van der Waals surface area contributed by atoms with Crippen molar-refractivity contribution in [3.05, 3.63) is 0 Å². The second kappa shape index (κ2) is 8.58. The average Bonchev–Trinajstić information content (AvgIpc) is 2.82. The highest BCUT2D eigenvalue weighted by Gasteiger charge is 2.39. The van der Waals surface area contributed by atoms with Gasteiger partial charge in [0.2, 0.25) is 0 Å². The molecule has 2 atom stereocenters. The highest BCUT2D eigenvalue weighted by atomic mass is 31.2. The molecule has 0 saturated carbocycles. The van der Waals surface area contributed by atoms with Crippen LogP contribution in [-0.4, -0.2) is 93.3 Å². The van der Waals surface area contributed by atoms with E-state index in [1.807, 2.05) is 44.1 Å². The summed E-state index contributed by atoms with van der Waals surface area (Å²) in [5.41, 5.74) is 0. The highest BCUT2D eigenvalue weighted by molar-refractivity contribution is 7.53. The molecule has 0 bridgehead atoms. The smallest absolute Gasteiger partial charge is 0.346 e. The second-order valence-corrected chi connectivity index (χ2v) is 10.3. The molecule has 0 aliphatic carbocycles. The molecule has 1 aliphatic rings. The third-order valence-corrected chi connectivity index (χ3v) is 6.94. The van der Waals surface area contributed by atoms with Gasteiger partial charge >= 0.3 is 7.67 Å². The molecule has 1 saturated heterocycles. The molecule has 0 spiro atoms. The minimum atomic E-state index is -3.08. The number of likely N-dealkylation sites (N-methyl/N-ethyl adjacent to an activating group) is 2. The average molecular weight is 366 g/mol. The number of ether oxygens (including phenoxy) is 2. The molecular formula is C16H37N3O4P+. The van der Waals surface area contributed by atoms with E-state index in [1.54, 1.807) is 0 Å². The first kappa shape index (κ1) is 22.0. The van der Waals surface area contributed by atoms with Gasteiger partial charge in [0.1, 0.15) is 6.10 Å². The van der Waals surface area contributed by atoms with Crippen LogP contribution in [0.25, 0.3) is 0 Å². The maximum absolute atomic E-state index is 13.6. The molecule has 0 aromatic carbocycles. The van der Waals surface area contributed by atoms with E-state index in [2.05, 4.69) is 21.1 Å². The van der Waals surface area contributed by atoms with E-state index in [0.29, 0.717) is 26.2 Å². The van der Waals surface area contributed by atoms with Crippen molar-refractivity contribution in [2.45, 2.75) is 39.6 Å². The Kier molecular flexibility index (Phi) is 7.88. The van der Waals surface area contributed by atoms with Gasteiger partial charge in [0.05, 0.1) is 47.4 Å². The number of hydrogen-bond acceptors (Lipinski definition) is 4. The first-order valence-electron chi connectivity index (χ1n) is 8.77. The van der Waals surface area contributed by atoms with Gasteiger partial charge in [0.15, 0.2) is 5.79 Å². The lowest BCUT2D eigenvalue weighted by Gasteiger charge is -2.37. The Bertz CT molecular complexity index is 436. The maximum atomic E-state index is 13.6. The molecule has 7 nitrogen and oxygen atoms in total. The van der Waals surface area contributed by atoms with Gasteiger partial charge in [-0.2, -0.15) is 0 Å². The van der Waals surface area contributed by atoms with Crippen LogP contribution in [0, 0.1) is 0 Å². The highest BCUT2D eigenvalue weighted by Crippen LogP contribution is 2.53. The molecule has 24 heavy (non-hydrogen) atoms. The van der Waals surface area contributed by atoms with Gasteiger partial charge in [-0.1, -0.05) is 13.8 Å². The predicted molar refractivity (Wildman–Crippen MR) is 96.9 cm³/mol. The van der Waals surface area contributed by atoms with E-state index in [1.165, 1.54) is 0 Å². The van der Waals surface area contributed by atoms with E-state index < -0.39 is 13.5 Å². The summed E-state index contributed by atoms with van der Waals surface area (Å²) < 4.78 is 35.5.